The minimum Gasteiger partial charge on any atom is -0.468 e. The Kier molecular flexibility index (Phi) is 10.9. The molecule has 41 heavy (non-hydrogen) atoms. The van der Waals surface area contributed by atoms with Gasteiger partial charge in [-0.3, -0.25) is 14.2 Å². The number of rotatable bonds is 14. The van der Waals surface area contributed by atoms with Crippen LogP contribution in [0.15, 0.2) is 18.5 Å². The van der Waals surface area contributed by atoms with E-state index >= 15 is 0 Å². The lowest BCUT2D eigenvalue weighted by Crippen LogP contribution is -2.47. The number of aliphatic hydroxyl groups is 2. The molecule has 1 saturated heterocycles. The van der Waals surface area contributed by atoms with Crippen molar-refractivity contribution in [3.63, 3.8) is 0 Å². The van der Waals surface area contributed by atoms with Crippen LogP contribution in [0.3, 0.4) is 0 Å². The van der Waals surface area contributed by atoms with E-state index in [0.717, 1.165) is 12.8 Å². The van der Waals surface area contributed by atoms with Crippen molar-refractivity contribution in [2.75, 3.05) is 26.1 Å². The lowest BCUT2D eigenvalue weighted by atomic mass is 9.97. The van der Waals surface area contributed by atoms with Gasteiger partial charge in [0.05, 0.1) is 26.0 Å². The standard InChI is InChI=1S/C25H41N6O9P/c1-7-16(8-2)11-38-24(35)15(4)30-41(36,29-14(3)23(34)37-6)39-12-25(5)21(33)19(32)20(40-25)17-9-10-18-22(26)27-13-28-31(17)18/h9-10,13-16,19-21,32-33H,7-8,11-12H2,1-6H3,(H2,26,27,28)(H2,29,30,36)/t14-,15-,19-,20-,21-,25+,41?/m0/s1. The minimum atomic E-state index is -4.20. The average molecular weight is 601 g/mol. The Hall–Kier alpha value is -2.65. The Morgan fingerprint density at radius 2 is 1.83 bits per heavy atom. The van der Waals surface area contributed by atoms with Gasteiger partial charge in [0.25, 0.3) is 0 Å². The van der Waals surface area contributed by atoms with Crippen molar-refractivity contribution in [2.24, 2.45) is 5.92 Å². The van der Waals surface area contributed by atoms with E-state index in [-0.39, 0.29) is 18.3 Å². The number of anilines is 1. The first-order valence-electron chi connectivity index (χ1n) is 13.5. The van der Waals surface area contributed by atoms with Crippen LogP contribution in [0, 0.1) is 5.92 Å². The molecule has 3 rings (SSSR count). The summed E-state index contributed by atoms with van der Waals surface area (Å²) >= 11 is 0. The molecule has 16 heteroatoms. The number of hydrogen-bond acceptors (Lipinski definition) is 12. The molecule has 0 spiro atoms. The van der Waals surface area contributed by atoms with Gasteiger partial charge in [-0.2, -0.15) is 5.10 Å². The smallest absolute Gasteiger partial charge is 0.342 e. The summed E-state index contributed by atoms with van der Waals surface area (Å²) in [6.45, 7) is 8.01. The van der Waals surface area contributed by atoms with Crippen molar-refractivity contribution in [2.45, 2.75) is 83.5 Å². The Balaban J connectivity index is 1.78. The highest BCUT2D eigenvalue weighted by molar-refractivity contribution is 7.54. The first kappa shape index (κ1) is 32.9. The number of ether oxygens (including phenoxy) is 3. The molecule has 6 N–H and O–H groups in total. The molecule has 2 aromatic heterocycles. The van der Waals surface area contributed by atoms with E-state index < -0.39 is 62.2 Å². The Morgan fingerprint density at radius 3 is 2.44 bits per heavy atom. The van der Waals surface area contributed by atoms with Gasteiger partial charge in [0, 0.05) is 0 Å². The van der Waals surface area contributed by atoms with E-state index in [0.29, 0.717) is 11.2 Å². The second-order valence-corrected chi connectivity index (χ2v) is 12.2. The molecule has 7 atom stereocenters. The monoisotopic (exact) mass is 600 g/mol. The van der Waals surface area contributed by atoms with Crippen LogP contribution in [0.2, 0.25) is 0 Å². The third kappa shape index (κ3) is 7.41. The lowest BCUT2D eigenvalue weighted by Gasteiger charge is -2.31. The number of aromatic nitrogens is 3. The van der Waals surface area contributed by atoms with Crippen molar-refractivity contribution < 1.29 is 43.1 Å². The number of nitrogens with one attached hydrogen (secondary N) is 2. The van der Waals surface area contributed by atoms with Gasteiger partial charge in [0.1, 0.15) is 47.8 Å². The van der Waals surface area contributed by atoms with Crippen molar-refractivity contribution in [1.29, 1.82) is 0 Å². The van der Waals surface area contributed by atoms with Crippen LogP contribution >= 0.6 is 7.67 Å². The zero-order valence-electron chi connectivity index (χ0n) is 24.1. The molecule has 0 radical (unpaired) electrons. The molecule has 3 heterocycles. The first-order valence-corrected chi connectivity index (χ1v) is 15.1. The summed E-state index contributed by atoms with van der Waals surface area (Å²) in [6.07, 6.45) is -1.03. The third-order valence-corrected chi connectivity index (χ3v) is 9.19. The number of methoxy groups -OCH3 is 1. The molecule has 1 fully saturated rings. The van der Waals surface area contributed by atoms with Crippen LogP contribution in [0.25, 0.3) is 5.52 Å². The summed E-state index contributed by atoms with van der Waals surface area (Å²) in [5.74, 6) is -0.975. The molecule has 0 amide bonds. The quantitative estimate of drug-likeness (QED) is 0.152. The van der Waals surface area contributed by atoms with Crippen LogP contribution in [-0.2, 0) is 32.9 Å². The van der Waals surface area contributed by atoms with E-state index in [1.54, 1.807) is 12.1 Å². The second kappa shape index (κ2) is 13.6. The van der Waals surface area contributed by atoms with E-state index in [2.05, 4.69) is 20.3 Å². The fourth-order valence-electron chi connectivity index (χ4n) is 4.47. The number of fused-ring (bicyclic) bond motifs is 1. The van der Waals surface area contributed by atoms with Crippen molar-refractivity contribution in [3.05, 3.63) is 24.2 Å². The number of nitrogen functional groups attached to an aromatic ring is 1. The van der Waals surface area contributed by atoms with E-state index in [1.165, 1.54) is 38.7 Å². The summed E-state index contributed by atoms with van der Waals surface area (Å²) < 4.78 is 37.3. The number of nitrogens with two attached hydrogens (primary N) is 1. The normalized spacial score (nSPS) is 25.6. The number of carbonyl (C=O) groups is 2. The maximum absolute atomic E-state index is 13.9. The van der Waals surface area contributed by atoms with Gasteiger partial charge in [0.15, 0.2) is 5.82 Å². The highest BCUT2D eigenvalue weighted by Gasteiger charge is 2.53. The molecule has 1 unspecified atom stereocenters. The molecule has 0 saturated carbocycles. The van der Waals surface area contributed by atoms with Gasteiger partial charge >= 0.3 is 19.6 Å². The van der Waals surface area contributed by atoms with Gasteiger partial charge in [-0.15, -0.1) is 0 Å². The third-order valence-electron chi connectivity index (χ3n) is 7.24. The van der Waals surface area contributed by atoms with Crippen LogP contribution < -0.4 is 15.9 Å². The fourth-order valence-corrected chi connectivity index (χ4v) is 6.36. The Labute approximate surface area is 238 Å². The highest BCUT2D eigenvalue weighted by atomic mass is 31.2. The number of hydrogen-bond donors (Lipinski definition) is 5. The minimum absolute atomic E-state index is 0.188. The predicted molar refractivity (Wildman–Crippen MR) is 147 cm³/mol. The molecule has 0 bridgehead atoms. The van der Waals surface area contributed by atoms with E-state index in [1.807, 2.05) is 13.8 Å². The van der Waals surface area contributed by atoms with E-state index in [4.69, 9.17) is 24.5 Å². The maximum Gasteiger partial charge on any atom is 0.342 e. The predicted octanol–water partition coefficient (Wildman–Crippen LogP) is 1.10. The molecule has 1 aliphatic heterocycles. The molecule has 15 nitrogen and oxygen atoms in total. The van der Waals surface area contributed by atoms with Crippen LogP contribution in [0.5, 0.6) is 0 Å². The summed E-state index contributed by atoms with van der Waals surface area (Å²) in [5, 5.41) is 31.2. The van der Waals surface area contributed by atoms with Gasteiger partial charge < -0.3 is 34.7 Å². The highest BCUT2D eigenvalue weighted by Crippen LogP contribution is 2.45. The molecule has 2 aromatic rings. The summed E-state index contributed by atoms with van der Waals surface area (Å²) in [6, 6.07) is 1.10. The summed E-state index contributed by atoms with van der Waals surface area (Å²) in [7, 11) is -3.02. The number of nitrogens with zero attached hydrogens (tertiary/aromatic N) is 3. The van der Waals surface area contributed by atoms with Crippen LogP contribution in [0.1, 0.15) is 59.3 Å². The largest absolute Gasteiger partial charge is 0.468 e. The van der Waals surface area contributed by atoms with Crippen molar-refractivity contribution >= 4 is 30.9 Å². The summed E-state index contributed by atoms with van der Waals surface area (Å²) in [5.41, 5.74) is 5.22. The number of aliphatic hydroxyl groups excluding tert-OH is 2. The lowest BCUT2D eigenvalue weighted by molar-refractivity contribution is -0.146. The van der Waals surface area contributed by atoms with Crippen molar-refractivity contribution in [1.82, 2.24) is 24.8 Å². The van der Waals surface area contributed by atoms with Gasteiger partial charge in [-0.1, -0.05) is 26.7 Å². The summed E-state index contributed by atoms with van der Waals surface area (Å²) in [4.78, 5) is 28.7. The Bertz CT molecular complexity index is 1260. The van der Waals surface area contributed by atoms with Crippen LogP contribution in [0.4, 0.5) is 5.82 Å². The van der Waals surface area contributed by atoms with Gasteiger partial charge in [0.2, 0.25) is 0 Å². The maximum atomic E-state index is 13.9. The molecule has 1 aliphatic rings. The zero-order valence-corrected chi connectivity index (χ0v) is 25.0. The first-order chi connectivity index (χ1) is 19.3. The van der Waals surface area contributed by atoms with Crippen molar-refractivity contribution in [3.8, 4) is 0 Å². The SMILES string of the molecule is CCC(CC)COC(=O)[C@H](C)NP(=O)(N[C@@H](C)C(=O)OC)OC[C@@]1(C)O[C@@H](c2ccc3c(N)ncnn23)[C@H](O)[C@@H]1O. The van der Waals surface area contributed by atoms with Gasteiger partial charge in [-0.25, -0.2) is 19.7 Å². The molecular formula is C25H41N6O9P. The average Bonchev–Trinajstić information content (AvgIpc) is 3.47. The second-order valence-electron chi connectivity index (χ2n) is 10.3. The van der Waals surface area contributed by atoms with Crippen LogP contribution in [-0.4, -0.2) is 87.0 Å². The molecule has 0 aliphatic carbocycles. The topological polar surface area (TPSA) is 209 Å². The Morgan fingerprint density at radius 1 is 1.20 bits per heavy atom. The van der Waals surface area contributed by atoms with E-state index in [9.17, 15) is 24.4 Å². The molecule has 230 valence electrons. The molecule has 0 aromatic carbocycles. The van der Waals surface area contributed by atoms with Gasteiger partial charge in [-0.05, 0) is 38.8 Å². The number of esters is 2. The zero-order chi connectivity index (χ0) is 30.5. The fraction of sp³-hybridized carbons (Fsp3) is 0.680. The molecular weight excluding hydrogens is 559 g/mol. The number of carbonyl (C=O) groups excluding carboxylic acids is 2.